The van der Waals surface area contributed by atoms with E-state index in [4.69, 9.17) is 9.84 Å². The van der Waals surface area contributed by atoms with Crippen molar-refractivity contribution in [3.8, 4) is 16.9 Å². The minimum atomic E-state index is -1.00. The van der Waals surface area contributed by atoms with E-state index in [2.05, 4.69) is 16.8 Å². The van der Waals surface area contributed by atoms with Crippen LogP contribution in [-0.4, -0.2) is 17.8 Å². The number of carboxylic acid groups (broad SMARTS) is 1. The number of benzene rings is 1. The van der Waals surface area contributed by atoms with Crippen LogP contribution in [0.5, 0.6) is 5.75 Å². The zero-order valence-corrected chi connectivity index (χ0v) is 10.9. The third-order valence-corrected chi connectivity index (χ3v) is 3.89. The van der Waals surface area contributed by atoms with Gasteiger partial charge in [-0.25, -0.2) is 4.79 Å². The molecule has 0 spiro atoms. The van der Waals surface area contributed by atoms with Crippen molar-refractivity contribution in [3.05, 3.63) is 40.6 Å². The molecule has 98 valence electrons. The molecule has 19 heavy (non-hydrogen) atoms. The van der Waals surface area contributed by atoms with Crippen LogP contribution < -0.4 is 10.1 Å². The average Bonchev–Trinajstić information content (AvgIpc) is 2.91. The summed E-state index contributed by atoms with van der Waals surface area (Å²) in [6.45, 7) is 0.533. The smallest absolute Gasteiger partial charge is 0.405 e. The zero-order valence-electron chi connectivity index (χ0n) is 10.1. The van der Waals surface area contributed by atoms with Crippen molar-refractivity contribution in [3.63, 3.8) is 0 Å². The van der Waals surface area contributed by atoms with Crippen LogP contribution in [0.3, 0.4) is 0 Å². The molecule has 0 fully saturated rings. The molecule has 1 aromatic heterocycles. The molecule has 0 saturated carbocycles. The van der Waals surface area contributed by atoms with Crippen LogP contribution in [0.25, 0.3) is 11.1 Å². The van der Waals surface area contributed by atoms with Gasteiger partial charge in [0.2, 0.25) is 0 Å². The molecular weight excluding hydrogens is 262 g/mol. The Kier molecular flexibility index (Phi) is 3.13. The van der Waals surface area contributed by atoms with Crippen LogP contribution >= 0.6 is 11.3 Å². The van der Waals surface area contributed by atoms with Gasteiger partial charge in [-0.05, 0) is 34.0 Å². The van der Waals surface area contributed by atoms with Gasteiger partial charge in [0.15, 0.2) is 0 Å². The number of hydrogen-bond acceptors (Lipinski definition) is 3. The van der Waals surface area contributed by atoms with E-state index in [0.29, 0.717) is 13.0 Å². The molecule has 3 rings (SSSR count). The van der Waals surface area contributed by atoms with Crippen molar-refractivity contribution in [2.45, 2.75) is 12.5 Å². The van der Waals surface area contributed by atoms with E-state index in [1.807, 2.05) is 23.6 Å². The van der Waals surface area contributed by atoms with Crippen molar-refractivity contribution in [1.82, 2.24) is 5.32 Å². The Morgan fingerprint density at radius 1 is 1.37 bits per heavy atom. The standard InChI is InChI=1S/C14H13NO3S/c16-14(17)15-12-3-5-18-13-7-9(1-2-11(12)13)10-4-6-19-8-10/h1-2,4,6-8,12,15H,3,5H2,(H,16,17). The quantitative estimate of drug-likeness (QED) is 0.881. The van der Waals surface area contributed by atoms with Crippen molar-refractivity contribution < 1.29 is 14.6 Å². The molecule has 1 unspecified atom stereocenters. The first-order valence-corrected chi connectivity index (χ1v) is 6.97. The summed E-state index contributed by atoms with van der Waals surface area (Å²) in [5, 5.41) is 15.5. The van der Waals surface area contributed by atoms with Gasteiger partial charge in [0.1, 0.15) is 5.75 Å². The molecule has 1 amide bonds. The molecule has 1 aromatic carbocycles. The van der Waals surface area contributed by atoms with Gasteiger partial charge in [-0.3, -0.25) is 0 Å². The first-order chi connectivity index (χ1) is 9.24. The van der Waals surface area contributed by atoms with Gasteiger partial charge in [0.25, 0.3) is 0 Å². The zero-order chi connectivity index (χ0) is 13.2. The van der Waals surface area contributed by atoms with Crippen LogP contribution in [0.4, 0.5) is 4.79 Å². The summed E-state index contributed by atoms with van der Waals surface area (Å²) in [5.74, 6) is 0.772. The largest absolute Gasteiger partial charge is 0.493 e. The van der Waals surface area contributed by atoms with Gasteiger partial charge >= 0.3 is 6.09 Å². The summed E-state index contributed by atoms with van der Waals surface area (Å²) < 4.78 is 5.64. The SMILES string of the molecule is O=C(O)NC1CCOc2cc(-c3ccsc3)ccc21. The number of hydrogen-bond donors (Lipinski definition) is 2. The van der Waals surface area contributed by atoms with E-state index in [1.54, 1.807) is 11.3 Å². The van der Waals surface area contributed by atoms with Crippen LogP contribution in [0, 0.1) is 0 Å². The molecule has 4 nitrogen and oxygen atoms in total. The number of fused-ring (bicyclic) bond motifs is 1. The lowest BCUT2D eigenvalue weighted by Crippen LogP contribution is -2.30. The van der Waals surface area contributed by atoms with Crippen molar-refractivity contribution in [2.24, 2.45) is 0 Å². The lowest BCUT2D eigenvalue weighted by atomic mass is 9.97. The van der Waals surface area contributed by atoms with Gasteiger partial charge in [0.05, 0.1) is 12.6 Å². The Balaban J connectivity index is 1.95. The van der Waals surface area contributed by atoms with Crippen molar-refractivity contribution in [2.75, 3.05) is 6.61 Å². The van der Waals surface area contributed by atoms with E-state index < -0.39 is 6.09 Å². The van der Waals surface area contributed by atoms with E-state index in [1.165, 1.54) is 0 Å². The molecule has 1 aliphatic heterocycles. The summed E-state index contributed by atoms with van der Waals surface area (Å²) in [4.78, 5) is 10.8. The number of thiophene rings is 1. The maximum atomic E-state index is 10.8. The highest BCUT2D eigenvalue weighted by Crippen LogP contribution is 2.35. The molecule has 2 aromatic rings. The van der Waals surface area contributed by atoms with Crippen LogP contribution in [0.15, 0.2) is 35.0 Å². The minimum Gasteiger partial charge on any atom is -0.493 e. The summed E-state index contributed by atoms with van der Waals surface area (Å²) in [6, 6.07) is 7.81. The first kappa shape index (κ1) is 12.0. The molecule has 0 radical (unpaired) electrons. The molecular formula is C14H13NO3S. The fourth-order valence-corrected chi connectivity index (χ4v) is 2.96. The molecule has 1 aliphatic rings. The Labute approximate surface area is 114 Å². The summed E-state index contributed by atoms with van der Waals surface area (Å²) in [6.07, 6.45) is -0.336. The first-order valence-electron chi connectivity index (χ1n) is 6.03. The second-order valence-electron chi connectivity index (χ2n) is 4.40. The number of ether oxygens (including phenoxy) is 1. The maximum Gasteiger partial charge on any atom is 0.405 e. The molecule has 5 heteroatoms. The Morgan fingerprint density at radius 3 is 3.00 bits per heavy atom. The van der Waals surface area contributed by atoms with Gasteiger partial charge in [-0.2, -0.15) is 11.3 Å². The third-order valence-electron chi connectivity index (χ3n) is 3.21. The van der Waals surface area contributed by atoms with Gasteiger partial charge in [-0.1, -0.05) is 12.1 Å². The maximum absolute atomic E-state index is 10.8. The normalized spacial score (nSPS) is 17.4. The fraction of sp³-hybridized carbons (Fsp3) is 0.214. The second-order valence-corrected chi connectivity index (χ2v) is 5.18. The molecule has 2 heterocycles. The minimum absolute atomic E-state index is 0.183. The van der Waals surface area contributed by atoms with Crippen molar-refractivity contribution in [1.29, 1.82) is 0 Å². The van der Waals surface area contributed by atoms with Gasteiger partial charge in [0, 0.05) is 12.0 Å². The number of rotatable bonds is 2. The van der Waals surface area contributed by atoms with E-state index >= 15 is 0 Å². The molecule has 1 atom stereocenters. The molecule has 2 N–H and O–H groups in total. The topological polar surface area (TPSA) is 58.6 Å². The van der Waals surface area contributed by atoms with Crippen LogP contribution in [0.2, 0.25) is 0 Å². The van der Waals surface area contributed by atoms with Crippen LogP contribution in [-0.2, 0) is 0 Å². The predicted octanol–water partition coefficient (Wildman–Crippen LogP) is 3.51. The molecule has 0 bridgehead atoms. The summed E-state index contributed by atoms with van der Waals surface area (Å²) >= 11 is 1.65. The number of nitrogens with one attached hydrogen (secondary N) is 1. The van der Waals surface area contributed by atoms with Gasteiger partial charge in [-0.15, -0.1) is 0 Å². The van der Waals surface area contributed by atoms with Crippen LogP contribution in [0.1, 0.15) is 18.0 Å². The average molecular weight is 275 g/mol. The predicted molar refractivity (Wildman–Crippen MR) is 73.8 cm³/mol. The lowest BCUT2D eigenvalue weighted by molar-refractivity contribution is 0.182. The summed E-state index contributed by atoms with van der Waals surface area (Å²) in [7, 11) is 0. The monoisotopic (exact) mass is 275 g/mol. The number of amides is 1. The number of carbonyl (C=O) groups is 1. The highest BCUT2D eigenvalue weighted by molar-refractivity contribution is 7.08. The third kappa shape index (κ3) is 2.42. The Bertz CT molecular complexity index is 595. The fourth-order valence-electron chi connectivity index (χ4n) is 2.30. The highest BCUT2D eigenvalue weighted by atomic mass is 32.1. The lowest BCUT2D eigenvalue weighted by Gasteiger charge is -2.26. The van der Waals surface area contributed by atoms with Gasteiger partial charge < -0.3 is 15.2 Å². The molecule has 0 aliphatic carbocycles. The van der Waals surface area contributed by atoms with Crippen molar-refractivity contribution >= 4 is 17.4 Å². The highest BCUT2D eigenvalue weighted by Gasteiger charge is 2.23. The Morgan fingerprint density at radius 2 is 2.26 bits per heavy atom. The van der Waals surface area contributed by atoms with E-state index in [-0.39, 0.29) is 6.04 Å². The second kappa shape index (κ2) is 4.93. The van der Waals surface area contributed by atoms with E-state index in [9.17, 15) is 4.79 Å². The molecule has 0 saturated heterocycles. The Hall–Kier alpha value is -2.01. The van der Waals surface area contributed by atoms with E-state index in [0.717, 1.165) is 22.4 Å². The summed E-state index contributed by atoms with van der Waals surface area (Å²) in [5.41, 5.74) is 3.16.